The fraction of sp³-hybridized carbons (Fsp3) is 0.154. The van der Waals surface area contributed by atoms with E-state index < -0.39 is 5.97 Å². The number of carboxylic acids is 1. The van der Waals surface area contributed by atoms with Gasteiger partial charge in [-0.15, -0.1) is 11.3 Å². The number of carbonyl (C=O) groups excluding carboxylic acids is 1. The first-order valence-corrected chi connectivity index (χ1v) is 8.21. The second kappa shape index (κ2) is 6.67. The molecule has 2 rings (SSSR count). The number of aromatic nitrogens is 1. The number of aryl methyl sites for hydroxylation is 1. The number of benzene rings is 1. The molecule has 21 heavy (non-hydrogen) atoms. The number of carbonyl (C=O) groups is 2. The first-order valence-electron chi connectivity index (χ1n) is 5.81. The van der Waals surface area contributed by atoms with Gasteiger partial charge in [-0.1, -0.05) is 15.9 Å². The summed E-state index contributed by atoms with van der Waals surface area (Å²) in [5.74, 6) is -1.26. The minimum Gasteiger partial charge on any atom is -0.477 e. The molecule has 0 radical (unpaired) electrons. The zero-order valence-corrected chi connectivity index (χ0v) is 14.8. The van der Waals surface area contributed by atoms with E-state index in [4.69, 9.17) is 5.11 Å². The normalized spacial score (nSPS) is 10.4. The van der Waals surface area contributed by atoms with Gasteiger partial charge in [0.05, 0.1) is 17.8 Å². The molecule has 0 saturated heterocycles. The molecule has 0 spiro atoms. The van der Waals surface area contributed by atoms with Gasteiger partial charge in [0.25, 0.3) is 5.91 Å². The van der Waals surface area contributed by atoms with Crippen LogP contribution in [-0.2, 0) is 6.54 Å². The number of nitrogens with zero attached hydrogens (tertiary/aromatic N) is 1. The lowest BCUT2D eigenvalue weighted by atomic mass is 10.2. The molecule has 110 valence electrons. The highest BCUT2D eigenvalue weighted by atomic mass is 79.9. The lowest BCUT2D eigenvalue weighted by Crippen LogP contribution is -2.23. The fourth-order valence-electron chi connectivity index (χ4n) is 1.65. The molecular weight excluding hydrogens is 424 g/mol. The molecule has 1 heterocycles. The van der Waals surface area contributed by atoms with Crippen LogP contribution < -0.4 is 5.32 Å². The smallest absolute Gasteiger partial charge is 0.347 e. The van der Waals surface area contributed by atoms with Gasteiger partial charge in [0.2, 0.25) is 0 Å². The molecule has 0 aliphatic carbocycles. The van der Waals surface area contributed by atoms with E-state index in [0.717, 1.165) is 15.8 Å². The van der Waals surface area contributed by atoms with Crippen molar-refractivity contribution in [2.24, 2.45) is 0 Å². The van der Waals surface area contributed by atoms with E-state index in [1.807, 2.05) is 6.07 Å². The Balaban J connectivity index is 2.09. The molecule has 1 aromatic carbocycles. The minimum absolute atomic E-state index is 0.191. The van der Waals surface area contributed by atoms with Gasteiger partial charge in [0, 0.05) is 8.95 Å². The number of halogens is 2. The van der Waals surface area contributed by atoms with Gasteiger partial charge in [0.15, 0.2) is 0 Å². The summed E-state index contributed by atoms with van der Waals surface area (Å²) in [6.07, 6.45) is 0. The Bertz CT molecular complexity index is 715. The van der Waals surface area contributed by atoms with Crippen LogP contribution in [0.15, 0.2) is 27.1 Å². The van der Waals surface area contributed by atoms with Gasteiger partial charge < -0.3 is 10.4 Å². The average molecular weight is 434 g/mol. The summed E-state index contributed by atoms with van der Waals surface area (Å²) in [5, 5.41) is 12.3. The van der Waals surface area contributed by atoms with Crippen LogP contribution in [0.1, 0.15) is 30.7 Å². The maximum absolute atomic E-state index is 12.1. The van der Waals surface area contributed by atoms with Crippen LogP contribution in [0.25, 0.3) is 0 Å². The highest BCUT2D eigenvalue weighted by Crippen LogP contribution is 2.22. The zero-order valence-electron chi connectivity index (χ0n) is 10.8. The molecule has 1 amide bonds. The number of rotatable bonds is 4. The van der Waals surface area contributed by atoms with Crippen molar-refractivity contribution >= 4 is 55.1 Å². The van der Waals surface area contributed by atoms with Crippen molar-refractivity contribution in [2.45, 2.75) is 13.5 Å². The van der Waals surface area contributed by atoms with Crippen molar-refractivity contribution in [2.75, 3.05) is 0 Å². The van der Waals surface area contributed by atoms with Gasteiger partial charge in [-0.3, -0.25) is 4.79 Å². The molecule has 0 aliphatic heterocycles. The first-order chi connectivity index (χ1) is 9.88. The lowest BCUT2D eigenvalue weighted by Gasteiger charge is -2.05. The zero-order chi connectivity index (χ0) is 15.6. The van der Waals surface area contributed by atoms with E-state index in [2.05, 4.69) is 42.2 Å². The second-order valence-electron chi connectivity index (χ2n) is 4.13. The number of amides is 1. The molecule has 8 heteroatoms. The first kappa shape index (κ1) is 16.1. The van der Waals surface area contributed by atoms with E-state index in [1.54, 1.807) is 19.1 Å². The van der Waals surface area contributed by atoms with Crippen LogP contribution in [0.5, 0.6) is 0 Å². The molecule has 2 aromatic rings. The Morgan fingerprint density at radius 2 is 2.10 bits per heavy atom. The number of nitrogens with one attached hydrogen (secondary N) is 1. The van der Waals surface area contributed by atoms with E-state index >= 15 is 0 Å². The third kappa shape index (κ3) is 3.90. The molecule has 0 fully saturated rings. The second-order valence-corrected chi connectivity index (χ2v) is 6.99. The third-order valence-electron chi connectivity index (χ3n) is 2.61. The summed E-state index contributed by atoms with van der Waals surface area (Å²) in [7, 11) is 0. The van der Waals surface area contributed by atoms with Crippen LogP contribution in [0, 0.1) is 6.92 Å². The molecular formula is C13H10Br2N2O3S. The SMILES string of the molecule is Cc1nc(CNC(=O)c2cc(Br)ccc2Br)sc1C(=O)O. The van der Waals surface area contributed by atoms with Crippen molar-refractivity contribution < 1.29 is 14.7 Å². The standard InChI is InChI=1S/C13H10Br2N2O3S/c1-6-11(13(19)20)21-10(17-6)5-16-12(18)8-4-7(14)2-3-9(8)15/h2-4H,5H2,1H3,(H,16,18)(H,19,20). The molecule has 0 saturated carbocycles. The Morgan fingerprint density at radius 1 is 1.38 bits per heavy atom. The lowest BCUT2D eigenvalue weighted by molar-refractivity contribution is 0.0701. The average Bonchev–Trinajstić information content (AvgIpc) is 2.80. The summed E-state index contributed by atoms with van der Waals surface area (Å²) in [4.78, 5) is 27.4. The summed E-state index contributed by atoms with van der Waals surface area (Å²) >= 11 is 7.70. The Hall–Kier alpha value is -1.25. The van der Waals surface area contributed by atoms with Crippen LogP contribution in [0.2, 0.25) is 0 Å². The topological polar surface area (TPSA) is 79.3 Å². The monoisotopic (exact) mass is 432 g/mol. The molecule has 0 unspecified atom stereocenters. The van der Waals surface area contributed by atoms with Gasteiger partial charge in [-0.05, 0) is 41.1 Å². The van der Waals surface area contributed by atoms with Crippen molar-refractivity contribution in [1.82, 2.24) is 10.3 Å². The van der Waals surface area contributed by atoms with Gasteiger partial charge in [-0.25, -0.2) is 9.78 Å². The van der Waals surface area contributed by atoms with Gasteiger partial charge >= 0.3 is 5.97 Å². The third-order valence-corrected chi connectivity index (χ3v) is 4.94. The van der Waals surface area contributed by atoms with Crippen LogP contribution in [0.4, 0.5) is 0 Å². The number of hydrogen-bond donors (Lipinski definition) is 2. The van der Waals surface area contributed by atoms with Gasteiger partial charge in [0.1, 0.15) is 9.88 Å². The summed E-state index contributed by atoms with van der Waals surface area (Å²) in [6, 6.07) is 5.30. The van der Waals surface area contributed by atoms with Crippen molar-refractivity contribution in [3.63, 3.8) is 0 Å². The Morgan fingerprint density at radius 3 is 2.71 bits per heavy atom. The van der Waals surface area contributed by atoms with E-state index in [0.29, 0.717) is 20.7 Å². The number of carboxylic acid groups (broad SMARTS) is 1. The van der Waals surface area contributed by atoms with Crippen LogP contribution >= 0.6 is 43.2 Å². The fourth-order valence-corrected chi connectivity index (χ4v) is 3.28. The Kier molecular flexibility index (Phi) is 5.13. The highest BCUT2D eigenvalue weighted by Gasteiger charge is 2.15. The minimum atomic E-state index is -1.00. The summed E-state index contributed by atoms with van der Waals surface area (Å²) < 4.78 is 1.49. The number of hydrogen-bond acceptors (Lipinski definition) is 4. The number of thiazole rings is 1. The maximum Gasteiger partial charge on any atom is 0.347 e. The molecule has 0 aliphatic rings. The Labute approximate surface area is 141 Å². The quantitative estimate of drug-likeness (QED) is 0.771. The molecule has 0 bridgehead atoms. The largest absolute Gasteiger partial charge is 0.477 e. The van der Waals surface area contributed by atoms with Crippen molar-refractivity contribution in [3.8, 4) is 0 Å². The van der Waals surface area contributed by atoms with Gasteiger partial charge in [-0.2, -0.15) is 0 Å². The molecule has 5 nitrogen and oxygen atoms in total. The van der Waals surface area contributed by atoms with Crippen LogP contribution in [0.3, 0.4) is 0 Å². The van der Waals surface area contributed by atoms with E-state index in [-0.39, 0.29) is 17.3 Å². The predicted molar refractivity (Wildman–Crippen MR) is 86.8 cm³/mol. The summed E-state index contributed by atoms with van der Waals surface area (Å²) in [6.45, 7) is 1.83. The van der Waals surface area contributed by atoms with E-state index in [1.165, 1.54) is 0 Å². The molecule has 1 aromatic heterocycles. The molecule has 2 N–H and O–H groups in total. The van der Waals surface area contributed by atoms with Crippen molar-refractivity contribution in [3.05, 3.63) is 48.3 Å². The predicted octanol–water partition coefficient (Wildman–Crippen LogP) is 3.60. The highest BCUT2D eigenvalue weighted by molar-refractivity contribution is 9.11. The summed E-state index contributed by atoms with van der Waals surface area (Å²) in [5.41, 5.74) is 0.955. The van der Waals surface area contributed by atoms with Crippen molar-refractivity contribution in [1.29, 1.82) is 0 Å². The van der Waals surface area contributed by atoms with E-state index in [9.17, 15) is 9.59 Å². The van der Waals surface area contributed by atoms with Crippen LogP contribution in [-0.4, -0.2) is 22.0 Å². The molecule has 0 atom stereocenters. The maximum atomic E-state index is 12.1. The number of aromatic carboxylic acids is 1.